The van der Waals surface area contributed by atoms with Gasteiger partial charge in [0.1, 0.15) is 11.6 Å². The summed E-state index contributed by atoms with van der Waals surface area (Å²) in [7, 11) is -2.14. The molecule has 1 aromatic carbocycles. The second-order valence-corrected chi connectivity index (χ2v) is 7.15. The molecule has 136 valence electrons. The molecule has 0 atom stereocenters. The average molecular weight is 366 g/mol. The minimum Gasteiger partial charge on any atom is -0.491 e. The number of nitrogens with zero attached hydrogens (tertiary/aromatic N) is 2. The minimum absolute atomic E-state index is 0.0202. The van der Waals surface area contributed by atoms with Gasteiger partial charge in [-0.1, -0.05) is 0 Å². The largest absolute Gasteiger partial charge is 0.491 e. The van der Waals surface area contributed by atoms with E-state index in [4.69, 9.17) is 9.47 Å². The third kappa shape index (κ3) is 5.87. The van der Waals surface area contributed by atoms with Gasteiger partial charge in [0.2, 0.25) is 0 Å². The standard InChI is InChI=1S/C16H22N4O4S/c1-12(2)24-13-4-6-14(7-5-13)25(21,22)20-16-9-8-15(18-19-16)17-10-11-23-3/h4-9,12H,10-11H2,1-3H3,(H,17,18)(H,19,20). The maximum absolute atomic E-state index is 12.4. The Morgan fingerprint density at radius 1 is 1.04 bits per heavy atom. The highest BCUT2D eigenvalue weighted by molar-refractivity contribution is 7.92. The molecule has 2 N–H and O–H groups in total. The van der Waals surface area contributed by atoms with E-state index in [1.807, 2.05) is 13.8 Å². The zero-order valence-electron chi connectivity index (χ0n) is 14.4. The summed E-state index contributed by atoms with van der Waals surface area (Å²) in [6, 6.07) is 9.37. The molecular formula is C16H22N4O4S. The number of anilines is 2. The number of hydrogen-bond donors (Lipinski definition) is 2. The molecule has 0 aliphatic rings. The van der Waals surface area contributed by atoms with Gasteiger partial charge in [-0.15, -0.1) is 10.2 Å². The van der Waals surface area contributed by atoms with Crippen LogP contribution in [0.2, 0.25) is 0 Å². The number of rotatable bonds is 9. The first-order valence-electron chi connectivity index (χ1n) is 7.77. The molecule has 0 aliphatic carbocycles. The van der Waals surface area contributed by atoms with Gasteiger partial charge >= 0.3 is 0 Å². The molecule has 0 radical (unpaired) electrons. The molecule has 8 nitrogen and oxygen atoms in total. The maximum Gasteiger partial charge on any atom is 0.263 e. The number of benzene rings is 1. The lowest BCUT2D eigenvalue weighted by molar-refractivity contribution is 0.210. The van der Waals surface area contributed by atoms with E-state index in [-0.39, 0.29) is 16.8 Å². The van der Waals surface area contributed by atoms with Gasteiger partial charge in [-0.25, -0.2) is 8.42 Å². The maximum atomic E-state index is 12.4. The Labute approximate surface area is 147 Å². The molecule has 2 rings (SSSR count). The van der Waals surface area contributed by atoms with Crippen LogP contribution in [0.4, 0.5) is 11.6 Å². The van der Waals surface area contributed by atoms with Gasteiger partial charge in [-0.3, -0.25) is 4.72 Å². The van der Waals surface area contributed by atoms with Gasteiger partial charge < -0.3 is 14.8 Å². The van der Waals surface area contributed by atoms with Crippen molar-refractivity contribution in [2.24, 2.45) is 0 Å². The number of ether oxygens (including phenoxy) is 2. The average Bonchev–Trinajstić information content (AvgIpc) is 2.56. The first kappa shape index (κ1) is 18.9. The van der Waals surface area contributed by atoms with E-state index in [9.17, 15) is 8.42 Å². The fourth-order valence-corrected chi connectivity index (χ4v) is 2.92. The second-order valence-electron chi connectivity index (χ2n) is 5.47. The highest BCUT2D eigenvalue weighted by atomic mass is 32.2. The first-order valence-corrected chi connectivity index (χ1v) is 9.25. The Hall–Kier alpha value is -2.39. The molecule has 0 saturated heterocycles. The van der Waals surface area contributed by atoms with Crippen LogP contribution in [0.25, 0.3) is 0 Å². The van der Waals surface area contributed by atoms with E-state index in [2.05, 4.69) is 20.2 Å². The van der Waals surface area contributed by atoms with Crippen molar-refractivity contribution in [3.63, 3.8) is 0 Å². The summed E-state index contributed by atoms with van der Waals surface area (Å²) in [4.78, 5) is 0.118. The van der Waals surface area contributed by atoms with Crippen molar-refractivity contribution in [1.29, 1.82) is 0 Å². The number of methoxy groups -OCH3 is 1. The highest BCUT2D eigenvalue weighted by Gasteiger charge is 2.15. The van der Waals surface area contributed by atoms with Gasteiger partial charge in [0, 0.05) is 13.7 Å². The third-order valence-electron chi connectivity index (χ3n) is 3.02. The van der Waals surface area contributed by atoms with Crippen molar-refractivity contribution in [2.45, 2.75) is 24.8 Å². The molecular weight excluding hydrogens is 344 g/mol. The summed E-state index contributed by atoms with van der Waals surface area (Å²) < 4.78 is 37.6. The van der Waals surface area contributed by atoms with Crippen LogP contribution in [-0.2, 0) is 14.8 Å². The van der Waals surface area contributed by atoms with Crippen LogP contribution in [0, 0.1) is 0 Å². The van der Waals surface area contributed by atoms with Gasteiger partial charge in [0.05, 0.1) is 17.6 Å². The fraction of sp³-hybridized carbons (Fsp3) is 0.375. The van der Waals surface area contributed by atoms with Gasteiger partial charge in [0.25, 0.3) is 10.0 Å². The van der Waals surface area contributed by atoms with Crippen LogP contribution in [0.1, 0.15) is 13.8 Å². The molecule has 2 aromatic rings. The molecule has 9 heteroatoms. The van der Waals surface area contributed by atoms with Gasteiger partial charge in [-0.05, 0) is 50.2 Å². The summed E-state index contributed by atoms with van der Waals surface area (Å²) >= 11 is 0. The SMILES string of the molecule is COCCNc1ccc(NS(=O)(=O)c2ccc(OC(C)C)cc2)nn1. The lowest BCUT2D eigenvalue weighted by atomic mass is 10.3. The molecule has 0 bridgehead atoms. The predicted molar refractivity (Wildman–Crippen MR) is 95.4 cm³/mol. The molecule has 0 saturated carbocycles. The molecule has 0 spiro atoms. The Morgan fingerprint density at radius 3 is 2.24 bits per heavy atom. The zero-order valence-corrected chi connectivity index (χ0v) is 15.2. The van der Waals surface area contributed by atoms with E-state index < -0.39 is 10.0 Å². The summed E-state index contributed by atoms with van der Waals surface area (Å²) in [5.41, 5.74) is 0. The van der Waals surface area contributed by atoms with Gasteiger partial charge in [0.15, 0.2) is 5.82 Å². The number of sulfonamides is 1. The highest BCUT2D eigenvalue weighted by Crippen LogP contribution is 2.19. The monoisotopic (exact) mass is 366 g/mol. The zero-order chi connectivity index (χ0) is 18.3. The quantitative estimate of drug-likeness (QED) is 0.655. The number of aromatic nitrogens is 2. The molecule has 1 aromatic heterocycles. The van der Waals surface area contributed by atoms with E-state index in [0.29, 0.717) is 24.7 Å². The third-order valence-corrected chi connectivity index (χ3v) is 4.39. The van der Waals surface area contributed by atoms with E-state index in [0.717, 1.165) is 0 Å². The minimum atomic E-state index is -3.74. The Balaban J connectivity index is 2.02. The molecule has 25 heavy (non-hydrogen) atoms. The molecule has 0 unspecified atom stereocenters. The lowest BCUT2D eigenvalue weighted by Gasteiger charge is -2.11. The van der Waals surface area contributed by atoms with Crippen molar-refractivity contribution in [1.82, 2.24) is 10.2 Å². The van der Waals surface area contributed by atoms with E-state index in [1.54, 1.807) is 25.3 Å². The second kappa shape index (κ2) is 8.63. The summed E-state index contributed by atoms with van der Waals surface area (Å²) in [6.45, 7) is 4.92. The summed E-state index contributed by atoms with van der Waals surface area (Å²) in [5.74, 6) is 1.29. The van der Waals surface area contributed by atoms with Crippen molar-refractivity contribution >= 4 is 21.7 Å². The van der Waals surface area contributed by atoms with Crippen LogP contribution in [0.15, 0.2) is 41.3 Å². The van der Waals surface area contributed by atoms with Crippen LogP contribution < -0.4 is 14.8 Å². The smallest absolute Gasteiger partial charge is 0.263 e. The van der Waals surface area contributed by atoms with Gasteiger partial charge in [-0.2, -0.15) is 0 Å². The molecule has 0 amide bonds. The van der Waals surface area contributed by atoms with Crippen molar-refractivity contribution < 1.29 is 17.9 Å². The Bertz CT molecular complexity index is 762. The van der Waals surface area contributed by atoms with Crippen LogP contribution in [0.5, 0.6) is 5.75 Å². The van der Waals surface area contributed by atoms with Crippen molar-refractivity contribution in [3.8, 4) is 5.75 Å². The molecule has 0 aliphatic heterocycles. The van der Waals surface area contributed by atoms with Crippen molar-refractivity contribution in [3.05, 3.63) is 36.4 Å². The lowest BCUT2D eigenvalue weighted by Crippen LogP contribution is -2.15. The summed E-state index contributed by atoms with van der Waals surface area (Å²) in [6.07, 6.45) is 0.0202. The fourth-order valence-electron chi connectivity index (χ4n) is 1.93. The Kier molecular flexibility index (Phi) is 6.54. The summed E-state index contributed by atoms with van der Waals surface area (Å²) in [5, 5.41) is 10.8. The normalized spacial score (nSPS) is 11.4. The molecule has 1 heterocycles. The van der Waals surface area contributed by atoms with E-state index >= 15 is 0 Å². The molecule has 0 fully saturated rings. The van der Waals surface area contributed by atoms with E-state index in [1.165, 1.54) is 18.2 Å². The van der Waals surface area contributed by atoms with Crippen molar-refractivity contribution in [2.75, 3.05) is 30.3 Å². The number of nitrogens with one attached hydrogen (secondary N) is 2. The van der Waals surface area contributed by atoms with Crippen LogP contribution in [-0.4, -0.2) is 45.0 Å². The first-order chi connectivity index (χ1) is 11.9. The Morgan fingerprint density at radius 2 is 1.68 bits per heavy atom. The number of hydrogen-bond acceptors (Lipinski definition) is 7. The van der Waals surface area contributed by atoms with Crippen LogP contribution in [0.3, 0.4) is 0 Å². The van der Waals surface area contributed by atoms with Crippen LogP contribution >= 0.6 is 0 Å². The topological polar surface area (TPSA) is 102 Å². The predicted octanol–water partition coefficient (Wildman–Crippen LogP) is 2.12.